The van der Waals surface area contributed by atoms with E-state index in [-0.39, 0.29) is 12.2 Å². The first-order valence-corrected chi connectivity index (χ1v) is 16.1. The fraction of sp³-hybridized carbons (Fsp3) is 0.182. The van der Waals surface area contributed by atoms with E-state index >= 15 is 0 Å². The topological polar surface area (TPSA) is 74.8 Å². The van der Waals surface area contributed by atoms with Crippen LogP contribution in [0.1, 0.15) is 36.6 Å². The second-order valence-electron chi connectivity index (χ2n) is 10.2. The van der Waals surface area contributed by atoms with Gasteiger partial charge < -0.3 is 14.0 Å². The van der Waals surface area contributed by atoms with E-state index in [1.807, 2.05) is 60.8 Å². The van der Waals surface area contributed by atoms with E-state index in [0.717, 1.165) is 27.6 Å². The second kappa shape index (κ2) is 12.4. The zero-order valence-electron chi connectivity index (χ0n) is 23.9. The molecule has 2 aromatic heterocycles. The average Bonchev–Trinajstić information content (AvgIpc) is 3.50. The fourth-order valence-corrected chi connectivity index (χ4v) is 7.37. The van der Waals surface area contributed by atoms with Crippen molar-refractivity contribution in [2.75, 3.05) is 13.7 Å². The van der Waals surface area contributed by atoms with Crippen LogP contribution in [-0.4, -0.2) is 28.8 Å². The highest BCUT2D eigenvalue weighted by Gasteiger charge is 2.33. The van der Waals surface area contributed by atoms with Crippen LogP contribution in [0.5, 0.6) is 5.75 Å². The van der Waals surface area contributed by atoms with E-state index < -0.39 is 12.0 Å². The number of carbonyl (C=O) groups is 1. The molecule has 1 aliphatic heterocycles. The molecule has 3 heterocycles. The van der Waals surface area contributed by atoms with Crippen molar-refractivity contribution in [3.63, 3.8) is 0 Å². The Morgan fingerprint density at radius 1 is 1.11 bits per heavy atom. The van der Waals surface area contributed by atoms with Crippen LogP contribution in [0.3, 0.4) is 0 Å². The van der Waals surface area contributed by atoms with Gasteiger partial charge in [-0.2, -0.15) is 0 Å². The predicted molar refractivity (Wildman–Crippen MR) is 179 cm³/mol. The summed E-state index contributed by atoms with van der Waals surface area (Å²) < 4.78 is 15.7. The van der Waals surface area contributed by atoms with Gasteiger partial charge >= 0.3 is 5.97 Å². The van der Waals surface area contributed by atoms with Gasteiger partial charge in [-0.1, -0.05) is 64.9 Å². The van der Waals surface area contributed by atoms with Crippen LogP contribution in [0.25, 0.3) is 17.0 Å². The number of benzene rings is 3. The molecule has 6 rings (SSSR count). The summed E-state index contributed by atoms with van der Waals surface area (Å²) in [5, 5.41) is 2.00. The summed E-state index contributed by atoms with van der Waals surface area (Å²) in [4.78, 5) is 32.6. The minimum absolute atomic E-state index is 0.200. The van der Waals surface area contributed by atoms with Crippen LogP contribution in [0, 0.1) is 0 Å². The number of methoxy groups -OCH3 is 1. The number of halogens is 3. The van der Waals surface area contributed by atoms with E-state index in [4.69, 9.17) is 37.7 Å². The predicted octanol–water partition coefficient (Wildman–Crippen LogP) is 6.88. The number of para-hydroxylation sites is 1. The molecule has 11 heteroatoms. The molecule has 7 nitrogen and oxygen atoms in total. The van der Waals surface area contributed by atoms with E-state index in [1.54, 1.807) is 37.7 Å². The van der Waals surface area contributed by atoms with Gasteiger partial charge in [0.05, 0.1) is 50.1 Å². The van der Waals surface area contributed by atoms with Gasteiger partial charge in [-0.25, -0.2) is 9.79 Å². The zero-order chi connectivity index (χ0) is 31.1. The molecule has 224 valence electrons. The number of fused-ring (bicyclic) bond motifs is 2. The van der Waals surface area contributed by atoms with Crippen molar-refractivity contribution in [3.8, 4) is 5.75 Å². The van der Waals surface area contributed by atoms with Crippen LogP contribution in [0.15, 0.2) is 92.4 Å². The lowest BCUT2D eigenvalue weighted by molar-refractivity contribution is -0.139. The molecule has 0 spiro atoms. The summed E-state index contributed by atoms with van der Waals surface area (Å²) in [6.45, 7) is 4.29. The summed E-state index contributed by atoms with van der Waals surface area (Å²) in [5.74, 6) is 0.127. The first kappa shape index (κ1) is 30.4. The van der Waals surface area contributed by atoms with Gasteiger partial charge in [0, 0.05) is 29.2 Å². The smallest absolute Gasteiger partial charge is 0.338 e. The third-order valence-corrected chi connectivity index (χ3v) is 9.79. The third kappa shape index (κ3) is 5.54. The van der Waals surface area contributed by atoms with Crippen molar-refractivity contribution in [1.82, 2.24) is 9.13 Å². The normalized spacial score (nSPS) is 15.0. The number of hydrogen-bond donors (Lipinski definition) is 0. The number of aromatic nitrogens is 2. The van der Waals surface area contributed by atoms with Gasteiger partial charge in [0.25, 0.3) is 5.56 Å². The highest BCUT2D eigenvalue weighted by molar-refractivity contribution is 9.10. The van der Waals surface area contributed by atoms with Gasteiger partial charge in [0.2, 0.25) is 0 Å². The summed E-state index contributed by atoms with van der Waals surface area (Å²) in [5.41, 5.74) is 4.20. The maximum Gasteiger partial charge on any atom is 0.338 e. The number of nitrogens with zero attached hydrogens (tertiary/aromatic N) is 3. The molecule has 0 N–H and O–H groups in total. The van der Waals surface area contributed by atoms with Crippen LogP contribution in [0.2, 0.25) is 10.0 Å². The molecule has 3 aromatic carbocycles. The Labute approximate surface area is 275 Å². The first-order chi connectivity index (χ1) is 21.2. The molecular weight excluding hydrogens is 685 g/mol. The zero-order valence-corrected chi connectivity index (χ0v) is 27.9. The molecule has 44 heavy (non-hydrogen) atoms. The van der Waals surface area contributed by atoms with Crippen molar-refractivity contribution in [2.24, 2.45) is 4.99 Å². The van der Waals surface area contributed by atoms with E-state index in [9.17, 15) is 9.59 Å². The fourth-order valence-electron chi connectivity index (χ4n) is 5.46. The van der Waals surface area contributed by atoms with Gasteiger partial charge in [-0.3, -0.25) is 9.36 Å². The number of rotatable bonds is 7. The van der Waals surface area contributed by atoms with Gasteiger partial charge in [0.1, 0.15) is 5.75 Å². The van der Waals surface area contributed by atoms with Gasteiger partial charge in [0.15, 0.2) is 4.80 Å². The summed E-state index contributed by atoms with van der Waals surface area (Å²) in [6.07, 6.45) is 3.92. The Morgan fingerprint density at radius 3 is 2.64 bits per heavy atom. The number of hydrogen-bond acceptors (Lipinski definition) is 6. The summed E-state index contributed by atoms with van der Waals surface area (Å²) in [6, 6.07) is 18.4. The highest BCUT2D eigenvalue weighted by Crippen LogP contribution is 2.35. The van der Waals surface area contributed by atoms with E-state index in [2.05, 4.69) is 20.5 Å². The van der Waals surface area contributed by atoms with Crippen LogP contribution in [-0.2, 0) is 16.1 Å². The largest absolute Gasteiger partial charge is 0.496 e. The molecule has 0 saturated heterocycles. The quantitative estimate of drug-likeness (QED) is 0.173. The summed E-state index contributed by atoms with van der Waals surface area (Å²) in [7, 11) is 1.58. The van der Waals surface area contributed by atoms with Crippen molar-refractivity contribution >= 4 is 73.4 Å². The van der Waals surface area contributed by atoms with Crippen molar-refractivity contribution < 1.29 is 14.3 Å². The van der Waals surface area contributed by atoms with E-state index in [1.165, 1.54) is 11.3 Å². The lowest BCUT2D eigenvalue weighted by atomic mass is 9.96. The lowest BCUT2D eigenvalue weighted by Crippen LogP contribution is -2.39. The highest BCUT2D eigenvalue weighted by atomic mass is 79.9. The number of ether oxygens (including phenoxy) is 2. The van der Waals surface area contributed by atoms with Gasteiger partial charge in [-0.15, -0.1) is 0 Å². The molecule has 0 radical (unpaired) electrons. The Kier molecular flexibility index (Phi) is 8.57. The number of carbonyl (C=O) groups excluding carboxylic acids is 1. The molecule has 0 aliphatic carbocycles. The molecule has 1 aliphatic rings. The minimum Gasteiger partial charge on any atom is -0.496 e. The second-order valence-corrected chi connectivity index (χ2v) is 12.9. The SMILES string of the molecule is CCOC(=O)C1=C(C)N=c2s/c(=C/c3cn(Cc4ccc(Cl)c(Cl)c4)c4ccccc34)c(=O)n2[C@H]1c1ccc(OC)c(Br)c1. The monoisotopic (exact) mass is 709 g/mol. The molecule has 0 amide bonds. The molecule has 0 bridgehead atoms. The molecule has 1 atom stereocenters. The lowest BCUT2D eigenvalue weighted by Gasteiger charge is -2.25. The average molecular weight is 711 g/mol. The number of allylic oxidation sites excluding steroid dienone is 1. The van der Waals surface area contributed by atoms with E-state index in [0.29, 0.717) is 47.4 Å². The summed E-state index contributed by atoms with van der Waals surface area (Å²) >= 11 is 17.3. The molecule has 0 unspecified atom stereocenters. The molecule has 0 saturated carbocycles. The molecular formula is C33H26BrCl2N3O4S. The van der Waals surface area contributed by atoms with Crippen LogP contribution in [0.4, 0.5) is 0 Å². The van der Waals surface area contributed by atoms with Crippen LogP contribution >= 0.6 is 50.5 Å². The Balaban J connectivity index is 1.51. The molecule has 5 aromatic rings. The molecule has 0 fully saturated rings. The number of esters is 1. The van der Waals surface area contributed by atoms with Crippen LogP contribution < -0.4 is 19.6 Å². The number of thiazole rings is 1. The Bertz CT molecular complexity index is 2170. The maximum atomic E-state index is 14.2. The maximum absolute atomic E-state index is 14.2. The van der Waals surface area contributed by atoms with Crippen molar-refractivity contribution in [2.45, 2.75) is 26.4 Å². The standard InChI is InChI=1S/C33H26BrCl2N3O4S/c1-4-43-32(41)29-18(2)37-33-39(30(29)20-10-12-27(42-3)23(34)14-20)31(40)28(44-33)15-21-17-38(26-8-6-5-7-22(21)26)16-19-9-11-24(35)25(36)13-19/h5-15,17,30H,4,16H2,1-3H3/b28-15+/t30-/m0/s1. The Morgan fingerprint density at radius 2 is 1.91 bits per heavy atom. The first-order valence-electron chi connectivity index (χ1n) is 13.7. The Hall–Kier alpha value is -3.63. The minimum atomic E-state index is -0.731. The third-order valence-electron chi connectivity index (χ3n) is 7.45. The van der Waals surface area contributed by atoms with Gasteiger partial charge in [-0.05, 0) is 77.3 Å². The van der Waals surface area contributed by atoms with Crippen molar-refractivity contribution in [1.29, 1.82) is 0 Å². The van der Waals surface area contributed by atoms with Crippen molar-refractivity contribution in [3.05, 3.63) is 129 Å².